The quantitative estimate of drug-likeness (QED) is 0.729. The summed E-state index contributed by atoms with van der Waals surface area (Å²) in [6.07, 6.45) is 2.18. The van der Waals surface area contributed by atoms with Gasteiger partial charge >= 0.3 is 0 Å². The van der Waals surface area contributed by atoms with Crippen LogP contribution in [-0.4, -0.2) is 22.2 Å². The minimum atomic E-state index is -0.260. The van der Waals surface area contributed by atoms with Crippen LogP contribution in [0.1, 0.15) is 17.0 Å². The molecule has 3 aromatic rings. The molecule has 1 amide bonds. The van der Waals surface area contributed by atoms with Gasteiger partial charge in [0, 0.05) is 30.7 Å². The van der Waals surface area contributed by atoms with E-state index in [-0.39, 0.29) is 17.2 Å². The molecule has 6 nitrogen and oxygen atoms in total. The number of hydrogen-bond acceptors (Lipinski definition) is 4. The number of furan rings is 1. The highest BCUT2D eigenvalue weighted by Gasteiger charge is 2.11. The Morgan fingerprint density at radius 3 is 2.91 bits per heavy atom. The fourth-order valence-electron chi connectivity index (χ4n) is 2.17. The third-order valence-corrected chi connectivity index (χ3v) is 3.27. The molecule has 0 aliphatic heterocycles. The first kappa shape index (κ1) is 14.1. The zero-order valence-electron chi connectivity index (χ0n) is 11.9. The SMILES string of the molecule is O=C(NCCCn1ncccc1=O)c1cc2ccccc2o1. The van der Waals surface area contributed by atoms with Crippen LogP contribution in [0.15, 0.2) is 57.9 Å². The molecular formula is C16H15N3O3. The number of benzene rings is 1. The van der Waals surface area contributed by atoms with Crippen molar-refractivity contribution in [3.63, 3.8) is 0 Å². The monoisotopic (exact) mass is 297 g/mol. The third kappa shape index (κ3) is 3.06. The van der Waals surface area contributed by atoms with Gasteiger partial charge in [-0.2, -0.15) is 5.10 Å². The van der Waals surface area contributed by atoms with Gasteiger partial charge in [-0.1, -0.05) is 18.2 Å². The van der Waals surface area contributed by atoms with Crippen LogP contribution in [0.25, 0.3) is 11.0 Å². The Labute approximate surface area is 126 Å². The molecule has 0 aliphatic rings. The van der Waals surface area contributed by atoms with Crippen LogP contribution >= 0.6 is 0 Å². The lowest BCUT2D eigenvalue weighted by Gasteiger charge is -2.04. The molecule has 2 aromatic heterocycles. The van der Waals surface area contributed by atoms with Crippen LogP contribution < -0.4 is 10.9 Å². The molecule has 0 bridgehead atoms. The second kappa shape index (κ2) is 6.26. The number of nitrogens with zero attached hydrogens (tertiary/aromatic N) is 2. The van der Waals surface area contributed by atoms with Crippen LogP contribution in [0.2, 0.25) is 0 Å². The lowest BCUT2D eigenvalue weighted by Crippen LogP contribution is -2.27. The van der Waals surface area contributed by atoms with Crippen molar-refractivity contribution in [1.82, 2.24) is 15.1 Å². The zero-order valence-corrected chi connectivity index (χ0v) is 11.9. The largest absolute Gasteiger partial charge is 0.451 e. The summed E-state index contributed by atoms with van der Waals surface area (Å²) in [5.41, 5.74) is 0.541. The van der Waals surface area contributed by atoms with Gasteiger partial charge in [-0.15, -0.1) is 0 Å². The summed E-state index contributed by atoms with van der Waals surface area (Å²) in [5.74, 6) is 0.0285. The van der Waals surface area contributed by atoms with Crippen molar-refractivity contribution in [3.8, 4) is 0 Å². The molecule has 0 fully saturated rings. The minimum Gasteiger partial charge on any atom is -0.451 e. The average molecular weight is 297 g/mol. The van der Waals surface area contributed by atoms with E-state index >= 15 is 0 Å². The summed E-state index contributed by atoms with van der Waals surface area (Å²) >= 11 is 0. The molecule has 22 heavy (non-hydrogen) atoms. The number of aryl methyl sites for hydroxylation is 1. The van der Waals surface area contributed by atoms with E-state index < -0.39 is 0 Å². The molecule has 112 valence electrons. The Balaban J connectivity index is 1.54. The van der Waals surface area contributed by atoms with Crippen LogP contribution in [-0.2, 0) is 6.54 Å². The smallest absolute Gasteiger partial charge is 0.287 e. The average Bonchev–Trinajstić information content (AvgIpc) is 2.97. The van der Waals surface area contributed by atoms with Crippen molar-refractivity contribution in [2.24, 2.45) is 0 Å². The maximum atomic E-state index is 12.0. The number of aromatic nitrogens is 2. The fourth-order valence-corrected chi connectivity index (χ4v) is 2.17. The number of rotatable bonds is 5. The second-order valence-corrected chi connectivity index (χ2v) is 4.84. The Bertz CT molecular complexity index is 818. The third-order valence-electron chi connectivity index (χ3n) is 3.27. The molecular weight excluding hydrogens is 282 g/mol. The highest BCUT2D eigenvalue weighted by Crippen LogP contribution is 2.18. The first-order valence-corrected chi connectivity index (χ1v) is 7.03. The van der Waals surface area contributed by atoms with Gasteiger partial charge in [0.1, 0.15) is 5.58 Å². The Kier molecular flexibility index (Phi) is 4.00. The standard InChI is InChI=1S/C16H15N3O3/c20-15-7-3-9-18-19(15)10-4-8-17-16(21)14-11-12-5-1-2-6-13(12)22-14/h1-3,5-7,9,11H,4,8,10H2,(H,17,21). The van der Waals surface area contributed by atoms with Gasteiger partial charge in [0.05, 0.1) is 0 Å². The van der Waals surface area contributed by atoms with Crippen molar-refractivity contribution in [1.29, 1.82) is 0 Å². The molecule has 3 rings (SSSR count). The summed E-state index contributed by atoms with van der Waals surface area (Å²) in [5, 5.41) is 7.62. The van der Waals surface area contributed by atoms with E-state index in [4.69, 9.17) is 4.42 Å². The topological polar surface area (TPSA) is 77.1 Å². The number of hydrogen-bond donors (Lipinski definition) is 1. The van der Waals surface area contributed by atoms with E-state index in [9.17, 15) is 9.59 Å². The van der Waals surface area contributed by atoms with Gasteiger partial charge in [0.2, 0.25) is 0 Å². The van der Waals surface area contributed by atoms with Crippen LogP contribution in [0.4, 0.5) is 0 Å². The van der Waals surface area contributed by atoms with Crippen molar-refractivity contribution < 1.29 is 9.21 Å². The van der Waals surface area contributed by atoms with Crippen molar-refractivity contribution >= 4 is 16.9 Å². The maximum absolute atomic E-state index is 12.0. The number of nitrogens with one attached hydrogen (secondary N) is 1. The second-order valence-electron chi connectivity index (χ2n) is 4.84. The van der Waals surface area contributed by atoms with Crippen molar-refractivity contribution in [3.05, 3.63) is 64.8 Å². The van der Waals surface area contributed by atoms with Gasteiger partial charge in [0.15, 0.2) is 5.76 Å². The van der Waals surface area contributed by atoms with Crippen molar-refractivity contribution in [2.45, 2.75) is 13.0 Å². The van der Waals surface area contributed by atoms with Gasteiger partial charge < -0.3 is 9.73 Å². The molecule has 0 spiro atoms. The van der Waals surface area contributed by atoms with Gasteiger partial charge in [-0.3, -0.25) is 9.59 Å². The van der Waals surface area contributed by atoms with Crippen LogP contribution in [0.3, 0.4) is 0 Å². The first-order valence-electron chi connectivity index (χ1n) is 7.03. The van der Waals surface area contributed by atoms with E-state index in [2.05, 4.69) is 10.4 Å². The fraction of sp³-hybridized carbons (Fsp3) is 0.188. The Morgan fingerprint density at radius 2 is 2.09 bits per heavy atom. The molecule has 0 unspecified atom stereocenters. The molecule has 0 aliphatic carbocycles. The molecule has 1 aromatic carbocycles. The molecule has 0 radical (unpaired) electrons. The van der Waals surface area contributed by atoms with Gasteiger partial charge in [-0.05, 0) is 24.6 Å². The lowest BCUT2D eigenvalue weighted by atomic mass is 10.2. The minimum absolute atomic E-state index is 0.147. The summed E-state index contributed by atoms with van der Waals surface area (Å²) < 4.78 is 6.85. The lowest BCUT2D eigenvalue weighted by molar-refractivity contribution is 0.0927. The zero-order chi connectivity index (χ0) is 15.4. The Hall–Kier alpha value is -2.89. The maximum Gasteiger partial charge on any atom is 0.287 e. The van der Waals surface area contributed by atoms with E-state index in [0.717, 1.165) is 5.39 Å². The normalized spacial score (nSPS) is 10.7. The number of fused-ring (bicyclic) bond motifs is 1. The van der Waals surface area contributed by atoms with E-state index in [1.807, 2.05) is 24.3 Å². The first-order chi connectivity index (χ1) is 10.7. The number of carbonyl (C=O) groups is 1. The van der Waals surface area contributed by atoms with Crippen molar-refractivity contribution in [2.75, 3.05) is 6.54 Å². The van der Waals surface area contributed by atoms with E-state index in [1.165, 1.54) is 10.7 Å². The van der Waals surface area contributed by atoms with Gasteiger partial charge in [-0.25, -0.2) is 4.68 Å². The van der Waals surface area contributed by atoms with Gasteiger partial charge in [0.25, 0.3) is 11.5 Å². The molecule has 2 heterocycles. The number of para-hydroxylation sites is 1. The van der Waals surface area contributed by atoms with E-state index in [1.54, 1.807) is 18.3 Å². The molecule has 1 N–H and O–H groups in total. The van der Waals surface area contributed by atoms with Crippen LogP contribution in [0.5, 0.6) is 0 Å². The predicted octanol–water partition coefficient (Wildman–Crippen LogP) is 1.81. The highest BCUT2D eigenvalue weighted by atomic mass is 16.3. The van der Waals surface area contributed by atoms with Crippen LogP contribution in [0, 0.1) is 0 Å². The summed E-state index contributed by atoms with van der Waals surface area (Å²) in [7, 11) is 0. The Morgan fingerprint density at radius 1 is 1.23 bits per heavy atom. The summed E-state index contributed by atoms with van der Waals surface area (Å²) in [4.78, 5) is 23.5. The summed E-state index contributed by atoms with van der Waals surface area (Å²) in [6.45, 7) is 0.902. The summed E-state index contributed by atoms with van der Waals surface area (Å²) in [6, 6.07) is 12.2. The number of amides is 1. The van der Waals surface area contributed by atoms with E-state index in [0.29, 0.717) is 25.1 Å². The predicted molar refractivity (Wildman–Crippen MR) is 81.7 cm³/mol. The molecule has 0 saturated heterocycles. The number of carbonyl (C=O) groups excluding carboxylic acids is 1. The molecule has 6 heteroatoms. The molecule has 0 atom stereocenters. The molecule has 0 saturated carbocycles. The highest BCUT2D eigenvalue weighted by molar-refractivity contribution is 5.95.